The fourth-order valence-electron chi connectivity index (χ4n) is 1.45. The van der Waals surface area contributed by atoms with Gasteiger partial charge in [-0.25, -0.2) is 4.79 Å². The first-order valence-corrected chi connectivity index (χ1v) is 6.28. The van der Waals surface area contributed by atoms with Crippen LogP contribution in [0.2, 0.25) is 0 Å². The van der Waals surface area contributed by atoms with Crippen molar-refractivity contribution in [2.45, 2.75) is 72.4 Å². The van der Waals surface area contributed by atoms with Gasteiger partial charge < -0.3 is 10.1 Å². The fourth-order valence-corrected chi connectivity index (χ4v) is 1.45. The van der Waals surface area contributed by atoms with Crippen LogP contribution < -0.4 is 5.32 Å². The topological polar surface area (TPSA) is 38.3 Å². The summed E-state index contributed by atoms with van der Waals surface area (Å²) in [5.41, 5.74) is -0.418. The summed E-state index contributed by atoms with van der Waals surface area (Å²) in [4.78, 5) is 11.6. The molecule has 2 atom stereocenters. The third kappa shape index (κ3) is 7.55. The molecule has 0 rings (SSSR count). The second-order valence-electron chi connectivity index (χ2n) is 5.50. The maximum Gasteiger partial charge on any atom is 0.407 e. The van der Waals surface area contributed by atoms with E-state index in [1.807, 2.05) is 20.8 Å². The van der Waals surface area contributed by atoms with Gasteiger partial charge in [0, 0.05) is 6.04 Å². The largest absolute Gasteiger partial charge is 0.444 e. The van der Waals surface area contributed by atoms with Crippen molar-refractivity contribution < 1.29 is 9.53 Å². The summed E-state index contributed by atoms with van der Waals surface area (Å²) >= 11 is 0. The van der Waals surface area contributed by atoms with E-state index in [1.54, 1.807) is 0 Å². The van der Waals surface area contributed by atoms with E-state index in [0.717, 1.165) is 19.3 Å². The SMILES string of the molecule is CC[C@H](C)C[C@@H](CC)NC(=O)OC(C)(C)C. The number of hydrogen-bond donors (Lipinski definition) is 1. The smallest absolute Gasteiger partial charge is 0.407 e. The normalized spacial score (nSPS) is 15.4. The first kappa shape index (κ1) is 15.3. The predicted molar refractivity (Wildman–Crippen MR) is 67.5 cm³/mol. The number of nitrogens with one attached hydrogen (secondary N) is 1. The first-order valence-electron chi connectivity index (χ1n) is 6.28. The molecule has 0 saturated carbocycles. The average Bonchev–Trinajstić information content (AvgIpc) is 2.13. The number of amides is 1. The Kier molecular flexibility index (Phi) is 6.46. The summed E-state index contributed by atoms with van der Waals surface area (Å²) < 4.78 is 5.24. The van der Waals surface area contributed by atoms with Crippen molar-refractivity contribution in [3.8, 4) is 0 Å². The summed E-state index contributed by atoms with van der Waals surface area (Å²) in [5.74, 6) is 0.639. The summed E-state index contributed by atoms with van der Waals surface area (Å²) in [6.07, 6.45) is 2.81. The van der Waals surface area contributed by atoms with Crippen LogP contribution in [0, 0.1) is 5.92 Å². The minimum Gasteiger partial charge on any atom is -0.444 e. The van der Waals surface area contributed by atoms with Crippen LogP contribution in [-0.2, 0) is 4.74 Å². The lowest BCUT2D eigenvalue weighted by atomic mass is 9.98. The quantitative estimate of drug-likeness (QED) is 0.780. The third-order valence-electron chi connectivity index (χ3n) is 2.60. The van der Waals surface area contributed by atoms with Crippen molar-refractivity contribution >= 4 is 6.09 Å². The van der Waals surface area contributed by atoms with Crippen LogP contribution in [0.25, 0.3) is 0 Å². The highest BCUT2D eigenvalue weighted by atomic mass is 16.6. The molecule has 0 aromatic heterocycles. The molecule has 3 nitrogen and oxygen atoms in total. The Labute approximate surface area is 99.9 Å². The van der Waals surface area contributed by atoms with Gasteiger partial charge in [-0.3, -0.25) is 0 Å². The zero-order valence-electron chi connectivity index (χ0n) is 11.6. The highest BCUT2D eigenvalue weighted by molar-refractivity contribution is 5.68. The molecule has 16 heavy (non-hydrogen) atoms. The van der Waals surface area contributed by atoms with E-state index in [4.69, 9.17) is 4.74 Å². The van der Waals surface area contributed by atoms with Gasteiger partial charge >= 0.3 is 6.09 Å². The van der Waals surface area contributed by atoms with Crippen LogP contribution >= 0.6 is 0 Å². The van der Waals surface area contributed by atoms with E-state index in [0.29, 0.717) is 5.92 Å². The average molecular weight is 229 g/mol. The second-order valence-corrected chi connectivity index (χ2v) is 5.50. The van der Waals surface area contributed by atoms with Crippen LogP contribution in [0.1, 0.15) is 60.8 Å². The van der Waals surface area contributed by atoms with Crippen LogP contribution in [0.5, 0.6) is 0 Å². The Morgan fingerprint density at radius 3 is 2.19 bits per heavy atom. The Hall–Kier alpha value is -0.730. The molecule has 0 aromatic carbocycles. The minimum atomic E-state index is -0.418. The second kappa shape index (κ2) is 6.77. The van der Waals surface area contributed by atoms with Crippen molar-refractivity contribution in [3.05, 3.63) is 0 Å². The molecule has 1 N–H and O–H groups in total. The summed E-state index contributed by atoms with van der Waals surface area (Å²) in [7, 11) is 0. The molecule has 0 aliphatic carbocycles. The number of carbonyl (C=O) groups excluding carboxylic acids is 1. The van der Waals surface area contributed by atoms with Gasteiger partial charge in [0.2, 0.25) is 0 Å². The van der Waals surface area contributed by atoms with Gasteiger partial charge in [0.25, 0.3) is 0 Å². The van der Waals surface area contributed by atoms with Crippen LogP contribution in [0.3, 0.4) is 0 Å². The lowest BCUT2D eigenvalue weighted by molar-refractivity contribution is 0.0496. The number of hydrogen-bond acceptors (Lipinski definition) is 2. The van der Waals surface area contributed by atoms with Crippen LogP contribution in [-0.4, -0.2) is 17.7 Å². The fraction of sp³-hybridized carbons (Fsp3) is 0.923. The molecule has 0 aromatic rings. The lowest BCUT2D eigenvalue weighted by Gasteiger charge is -2.24. The molecule has 0 saturated heterocycles. The van der Waals surface area contributed by atoms with Gasteiger partial charge in [-0.1, -0.05) is 27.2 Å². The number of ether oxygens (including phenoxy) is 1. The lowest BCUT2D eigenvalue weighted by Crippen LogP contribution is -2.39. The molecule has 0 unspecified atom stereocenters. The molecule has 0 aliphatic rings. The number of rotatable bonds is 5. The molecule has 0 aliphatic heterocycles. The Bertz CT molecular complexity index is 208. The highest BCUT2D eigenvalue weighted by Gasteiger charge is 2.19. The van der Waals surface area contributed by atoms with E-state index >= 15 is 0 Å². The Morgan fingerprint density at radius 1 is 1.25 bits per heavy atom. The molecule has 96 valence electrons. The highest BCUT2D eigenvalue weighted by Crippen LogP contribution is 2.13. The van der Waals surface area contributed by atoms with Crippen molar-refractivity contribution in [3.63, 3.8) is 0 Å². The molecule has 3 heteroatoms. The first-order chi connectivity index (χ1) is 7.28. The van der Waals surface area contributed by atoms with E-state index in [-0.39, 0.29) is 12.1 Å². The maximum absolute atomic E-state index is 11.6. The van der Waals surface area contributed by atoms with Crippen LogP contribution in [0.15, 0.2) is 0 Å². The Morgan fingerprint density at radius 2 is 1.81 bits per heavy atom. The zero-order valence-corrected chi connectivity index (χ0v) is 11.6. The van der Waals surface area contributed by atoms with Gasteiger partial charge in [-0.2, -0.15) is 0 Å². The third-order valence-corrected chi connectivity index (χ3v) is 2.60. The maximum atomic E-state index is 11.6. The van der Waals surface area contributed by atoms with E-state index in [2.05, 4.69) is 26.1 Å². The summed E-state index contributed by atoms with van der Waals surface area (Å²) in [6.45, 7) is 12.1. The zero-order chi connectivity index (χ0) is 12.8. The Balaban J connectivity index is 4.07. The molecule has 0 fully saturated rings. The molecule has 0 spiro atoms. The molecule has 0 heterocycles. The van der Waals surface area contributed by atoms with Gasteiger partial charge in [0.1, 0.15) is 5.60 Å². The van der Waals surface area contributed by atoms with Crippen molar-refractivity contribution in [2.24, 2.45) is 5.92 Å². The summed E-state index contributed by atoms with van der Waals surface area (Å²) in [5, 5.41) is 2.93. The number of alkyl carbamates (subject to hydrolysis) is 1. The van der Waals surface area contributed by atoms with Gasteiger partial charge in [0.05, 0.1) is 0 Å². The predicted octanol–water partition coefficient (Wildman–Crippen LogP) is 3.73. The van der Waals surface area contributed by atoms with Crippen molar-refractivity contribution in [1.29, 1.82) is 0 Å². The monoisotopic (exact) mass is 229 g/mol. The van der Waals surface area contributed by atoms with E-state index in [9.17, 15) is 4.79 Å². The molecule has 0 radical (unpaired) electrons. The standard InChI is InChI=1S/C13H27NO2/c1-7-10(3)9-11(8-2)14-12(15)16-13(4,5)6/h10-11H,7-9H2,1-6H3,(H,14,15)/t10-,11+/m0/s1. The van der Waals surface area contributed by atoms with E-state index in [1.165, 1.54) is 0 Å². The molecular formula is C13H27NO2. The number of carbonyl (C=O) groups is 1. The summed E-state index contributed by atoms with van der Waals surface area (Å²) in [6, 6.07) is 0.227. The van der Waals surface area contributed by atoms with Crippen molar-refractivity contribution in [1.82, 2.24) is 5.32 Å². The van der Waals surface area contributed by atoms with Gasteiger partial charge in [0.15, 0.2) is 0 Å². The van der Waals surface area contributed by atoms with Gasteiger partial charge in [-0.05, 0) is 39.5 Å². The van der Waals surface area contributed by atoms with Gasteiger partial charge in [-0.15, -0.1) is 0 Å². The van der Waals surface area contributed by atoms with Crippen molar-refractivity contribution in [2.75, 3.05) is 0 Å². The van der Waals surface area contributed by atoms with Crippen LogP contribution in [0.4, 0.5) is 4.79 Å². The van der Waals surface area contributed by atoms with E-state index < -0.39 is 5.60 Å². The molecule has 1 amide bonds. The molecular weight excluding hydrogens is 202 g/mol. The minimum absolute atomic E-state index is 0.227. The molecule has 0 bridgehead atoms.